The van der Waals surface area contributed by atoms with Crippen LogP contribution in [0.15, 0.2) is 54.6 Å². The van der Waals surface area contributed by atoms with E-state index < -0.39 is 41.7 Å². The number of likely N-dealkylation sites (tertiary alicyclic amines) is 1. The van der Waals surface area contributed by atoms with Gasteiger partial charge in [0.2, 0.25) is 17.7 Å². The molecule has 2 aromatic rings. The lowest BCUT2D eigenvalue weighted by molar-refractivity contribution is -0.135. The summed E-state index contributed by atoms with van der Waals surface area (Å²) < 4.78 is 14.2. The van der Waals surface area contributed by atoms with Gasteiger partial charge in [-0.2, -0.15) is 5.26 Å². The zero-order valence-electron chi connectivity index (χ0n) is 20.5. The molecule has 2 aliphatic rings. The smallest absolute Gasteiger partial charge is 0.247 e. The highest BCUT2D eigenvalue weighted by atomic mass is 35.5. The van der Waals surface area contributed by atoms with Gasteiger partial charge in [0, 0.05) is 41.6 Å². The van der Waals surface area contributed by atoms with Crippen molar-refractivity contribution in [1.82, 2.24) is 15.5 Å². The van der Waals surface area contributed by atoms with E-state index in [4.69, 9.17) is 11.6 Å². The van der Waals surface area contributed by atoms with E-state index in [9.17, 15) is 29.1 Å². The summed E-state index contributed by atoms with van der Waals surface area (Å²) in [6, 6.07) is 13.5. The Hall–Kier alpha value is -3.74. The number of nitriles is 1. The highest BCUT2D eigenvalue weighted by Gasteiger charge is 2.41. The van der Waals surface area contributed by atoms with Crippen LogP contribution < -0.4 is 10.6 Å². The second-order valence-electron chi connectivity index (χ2n) is 9.55. The van der Waals surface area contributed by atoms with Crippen LogP contribution in [0.1, 0.15) is 36.3 Å². The summed E-state index contributed by atoms with van der Waals surface area (Å²) >= 11 is 5.80. The molecule has 8 nitrogen and oxygen atoms in total. The normalized spacial score (nSPS) is 22.6. The van der Waals surface area contributed by atoms with E-state index in [1.807, 2.05) is 30.3 Å². The molecule has 3 N–H and O–H groups in total. The summed E-state index contributed by atoms with van der Waals surface area (Å²) in [5.41, 5.74) is 1.14. The van der Waals surface area contributed by atoms with Crippen LogP contribution in [0, 0.1) is 23.1 Å². The molecule has 2 heterocycles. The Morgan fingerprint density at radius 1 is 1.29 bits per heavy atom. The molecular formula is C28H28ClFN4O4. The maximum Gasteiger partial charge on any atom is 0.247 e. The summed E-state index contributed by atoms with van der Waals surface area (Å²) in [7, 11) is 0. The largest absolute Gasteiger partial charge is 0.376 e. The Balaban J connectivity index is 1.55. The number of nitrogens with one attached hydrogen (secondary N) is 2. The molecule has 2 fully saturated rings. The topological polar surface area (TPSA) is 123 Å². The van der Waals surface area contributed by atoms with Gasteiger partial charge in [-0.15, -0.1) is 0 Å². The first kappa shape index (κ1) is 27.3. The number of hydrogen-bond acceptors (Lipinski definition) is 5. The number of hydrogen-bond donors (Lipinski definition) is 3. The third-order valence-electron chi connectivity index (χ3n) is 7.07. The van der Waals surface area contributed by atoms with Gasteiger partial charge in [0.05, 0.1) is 12.1 Å². The molecule has 2 aliphatic heterocycles. The number of halogens is 2. The Kier molecular flexibility index (Phi) is 8.77. The molecule has 38 heavy (non-hydrogen) atoms. The van der Waals surface area contributed by atoms with Gasteiger partial charge in [-0.25, -0.2) is 4.39 Å². The first-order chi connectivity index (χ1) is 18.3. The second kappa shape index (κ2) is 12.2. The third-order valence-corrected chi connectivity index (χ3v) is 7.30. The molecular weight excluding hydrogens is 511 g/mol. The summed E-state index contributed by atoms with van der Waals surface area (Å²) in [5.74, 6) is -2.33. The molecule has 0 radical (unpaired) electrons. The van der Waals surface area contributed by atoms with E-state index >= 15 is 0 Å². The molecule has 5 atom stereocenters. The average molecular weight is 539 g/mol. The summed E-state index contributed by atoms with van der Waals surface area (Å²) in [6.45, 7) is 0.752. The number of carbonyl (C=O) groups excluding carboxylic acids is 3. The van der Waals surface area contributed by atoms with Gasteiger partial charge in [-0.05, 0) is 43.0 Å². The zero-order chi connectivity index (χ0) is 27.2. The molecule has 10 heteroatoms. The Labute approximate surface area is 225 Å². The number of carbonyl (C=O) groups is 3. The number of aliphatic hydroxyl groups excluding tert-OH is 1. The lowest BCUT2D eigenvalue weighted by Crippen LogP contribution is -2.52. The van der Waals surface area contributed by atoms with Crippen LogP contribution in [0.25, 0.3) is 6.08 Å². The summed E-state index contributed by atoms with van der Waals surface area (Å²) in [4.78, 5) is 40.2. The molecule has 198 valence electrons. The maximum atomic E-state index is 14.2. The minimum Gasteiger partial charge on any atom is -0.376 e. The van der Waals surface area contributed by atoms with Gasteiger partial charge in [0.1, 0.15) is 11.9 Å². The summed E-state index contributed by atoms with van der Waals surface area (Å²) in [5, 5.41) is 25.2. The predicted molar refractivity (Wildman–Crippen MR) is 139 cm³/mol. The summed E-state index contributed by atoms with van der Waals surface area (Å²) in [6.07, 6.45) is 1.99. The molecule has 0 aromatic heterocycles. The first-order valence-corrected chi connectivity index (χ1v) is 12.8. The zero-order valence-corrected chi connectivity index (χ0v) is 21.3. The van der Waals surface area contributed by atoms with Gasteiger partial charge < -0.3 is 20.6 Å². The number of aliphatic hydroxyl groups is 1. The van der Waals surface area contributed by atoms with E-state index in [1.165, 1.54) is 29.2 Å². The molecule has 2 aromatic carbocycles. The van der Waals surface area contributed by atoms with Crippen LogP contribution in [-0.2, 0) is 14.4 Å². The highest BCUT2D eigenvalue weighted by molar-refractivity contribution is 6.30. The van der Waals surface area contributed by atoms with E-state index in [-0.39, 0.29) is 35.4 Å². The van der Waals surface area contributed by atoms with Crippen molar-refractivity contribution in [2.75, 3.05) is 13.1 Å². The number of benzene rings is 2. The minimum absolute atomic E-state index is 0.102. The van der Waals surface area contributed by atoms with Gasteiger partial charge in [-0.3, -0.25) is 14.4 Å². The van der Waals surface area contributed by atoms with Crippen LogP contribution >= 0.6 is 11.6 Å². The van der Waals surface area contributed by atoms with Crippen molar-refractivity contribution < 1.29 is 23.9 Å². The predicted octanol–water partition coefficient (Wildman–Crippen LogP) is 2.77. The lowest BCUT2D eigenvalue weighted by atomic mass is 9.94. The average Bonchev–Trinajstić information content (AvgIpc) is 3.54. The molecule has 0 saturated carbocycles. The number of nitrogens with zero attached hydrogens (tertiary/aromatic N) is 2. The van der Waals surface area contributed by atoms with Crippen molar-refractivity contribution >= 4 is 35.4 Å². The fourth-order valence-electron chi connectivity index (χ4n) is 5.00. The first-order valence-electron chi connectivity index (χ1n) is 12.4. The number of rotatable bonds is 8. The molecule has 4 unspecified atom stereocenters. The van der Waals surface area contributed by atoms with Crippen molar-refractivity contribution in [3.8, 4) is 6.07 Å². The van der Waals surface area contributed by atoms with E-state index in [1.54, 1.807) is 6.07 Å². The van der Waals surface area contributed by atoms with Crippen molar-refractivity contribution in [3.05, 3.63) is 76.6 Å². The van der Waals surface area contributed by atoms with Crippen LogP contribution in [0.2, 0.25) is 5.02 Å². The Morgan fingerprint density at radius 3 is 2.71 bits per heavy atom. The minimum atomic E-state index is -1.52. The van der Waals surface area contributed by atoms with E-state index in [0.717, 1.165) is 11.6 Å². The number of amides is 3. The van der Waals surface area contributed by atoms with Crippen molar-refractivity contribution in [1.29, 1.82) is 5.26 Å². The Morgan fingerprint density at radius 2 is 2.05 bits per heavy atom. The fraction of sp³-hybridized carbons (Fsp3) is 0.357. The van der Waals surface area contributed by atoms with Crippen LogP contribution in [-0.4, -0.2) is 59.0 Å². The van der Waals surface area contributed by atoms with E-state index in [0.29, 0.717) is 19.4 Å². The van der Waals surface area contributed by atoms with Crippen molar-refractivity contribution in [3.63, 3.8) is 0 Å². The fourth-order valence-corrected chi connectivity index (χ4v) is 5.16. The molecule has 2 saturated heterocycles. The maximum absolute atomic E-state index is 14.2. The molecule has 0 spiro atoms. The van der Waals surface area contributed by atoms with Gasteiger partial charge >= 0.3 is 0 Å². The second-order valence-corrected chi connectivity index (χ2v) is 9.99. The molecule has 0 aliphatic carbocycles. The SMILES string of the molecule is N#CC(O)C(CC1CCNC1=O)NC(=O)[C@H]1CC(c2ccccc2)CN1C(=O)/C=C/c1ccc(Cl)cc1F. The van der Waals surface area contributed by atoms with Gasteiger partial charge in [0.25, 0.3) is 0 Å². The third kappa shape index (κ3) is 6.39. The monoisotopic (exact) mass is 538 g/mol. The van der Waals surface area contributed by atoms with Crippen molar-refractivity contribution in [2.24, 2.45) is 5.92 Å². The lowest BCUT2D eigenvalue weighted by Gasteiger charge is -2.27. The highest BCUT2D eigenvalue weighted by Crippen LogP contribution is 2.32. The molecule has 4 rings (SSSR count). The quantitative estimate of drug-likeness (QED) is 0.352. The van der Waals surface area contributed by atoms with Gasteiger partial charge in [-0.1, -0.05) is 48.0 Å². The standard InChI is InChI=1S/C28H28ClFN4O4/c29-21-8-6-18(22(30)14-21)7-9-26(36)34-16-20(17-4-2-1-3-5-17)13-24(34)28(38)33-23(25(35)15-31)12-19-10-11-32-27(19)37/h1-9,14,19-20,23-25,35H,10-13,16H2,(H,32,37)(H,33,38)/b9-7+/t19?,20?,23?,24-,25?/m1/s1. The van der Waals surface area contributed by atoms with Crippen LogP contribution in [0.3, 0.4) is 0 Å². The van der Waals surface area contributed by atoms with Crippen LogP contribution in [0.5, 0.6) is 0 Å². The van der Waals surface area contributed by atoms with E-state index in [2.05, 4.69) is 10.6 Å². The van der Waals surface area contributed by atoms with Crippen molar-refractivity contribution in [2.45, 2.75) is 43.4 Å². The molecule has 3 amide bonds. The molecule has 0 bridgehead atoms. The van der Waals surface area contributed by atoms with Gasteiger partial charge in [0.15, 0.2) is 6.10 Å². The Bertz CT molecular complexity index is 1270. The van der Waals surface area contributed by atoms with Crippen LogP contribution in [0.4, 0.5) is 4.39 Å².